The molecule has 4 aromatic rings. The van der Waals surface area contributed by atoms with Gasteiger partial charge in [0.25, 0.3) is 5.69 Å². The zero-order chi connectivity index (χ0) is 22.0. The first-order chi connectivity index (χ1) is 14.9. The summed E-state index contributed by atoms with van der Waals surface area (Å²) in [5.74, 6) is 0. The Morgan fingerprint density at radius 2 is 1.74 bits per heavy atom. The van der Waals surface area contributed by atoms with Crippen LogP contribution in [-0.4, -0.2) is 15.8 Å². The molecule has 6 nitrogen and oxygen atoms in total. The van der Waals surface area contributed by atoms with Gasteiger partial charge in [0, 0.05) is 23.1 Å². The molecule has 2 aromatic heterocycles. The minimum Gasteiger partial charge on any atom is -0.258 e. The van der Waals surface area contributed by atoms with Gasteiger partial charge in [-0.25, -0.2) is 9.67 Å². The largest absolute Gasteiger partial charge is 0.269 e. The Hall–Kier alpha value is -3.36. The van der Waals surface area contributed by atoms with Crippen molar-refractivity contribution in [1.29, 1.82) is 0 Å². The van der Waals surface area contributed by atoms with Gasteiger partial charge in [-0.15, -0.1) is 22.7 Å². The molecule has 0 atom stereocenters. The summed E-state index contributed by atoms with van der Waals surface area (Å²) in [6.07, 6.45) is 1.83. The van der Waals surface area contributed by atoms with Crippen LogP contribution >= 0.6 is 22.7 Å². The fourth-order valence-corrected chi connectivity index (χ4v) is 4.61. The Morgan fingerprint density at radius 1 is 0.968 bits per heavy atom. The monoisotopic (exact) mass is 448 g/mol. The third-order valence-corrected chi connectivity index (χ3v) is 6.74. The Morgan fingerprint density at radius 3 is 2.39 bits per heavy atom. The summed E-state index contributed by atoms with van der Waals surface area (Å²) in [6, 6.07) is 14.6. The second-order valence-corrected chi connectivity index (χ2v) is 8.90. The van der Waals surface area contributed by atoms with Crippen LogP contribution in [0.3, 0.4) is 0 Å². The molecule has 0 radical (unpaired) electrons. The van der Waals surface area contributed by atoms with Gasteiger partial charge >= 0.3 is 0 Å². The van der Waals surface area contributed by atoms with E-state index in [4.69, 9.17) is 10.1 Å². The summed E-state index contributed by atoms with van der Waals surface area (Å²) in [5.41, 5.74) is 6.14. The van der Waals surface area contributed by atoms with Crippen LogP contribution in [0.15, 0.2) is 69.4 Å². The van der Waals surface area contributed by atoms with Crippen LogP contribution in [0.25, 0.3) is 11.3 Å². The Kier molecular flexibility index (Phi) is 5.92. The van der Waals surface area contributed by atoms with Crippen LogP contribution in [-0.2, 0) is 0 Å². The molecule has 2 aromatic carbocycles. The quantitative estimate of drug-likeness (QED) is 0.206. The lowest BCUT2D eigenvalue weighted by Crippen LogP contribution is -2.11. The van der Waals surface area contributed by atoms with Crippen molar-refractivity contribution in [3.05, 3.63) is 95.8 Å². The number of aromatic nitrogens is 1. The van der Waals surface area contributed by atoms with Gasteiger partial charge in [-0.3, -0.25) is 10.1 Å². The minimum atomic E-state index is -0.399. The number of nitro benzene ring substituents is 1. The first-order valence-corrected chi connectivity index (χ1v) is 11.3. The third-order valence-electron chi connectivity index (χ3n) is 4.97. The summed E-state index contributed by atoms with van der Waals surface area (Å²) < 4.78 is 1.79. The Bertz CT molecular complexity index is 1340. The van der Waals surface area contributed by atoms with E-state index in [1.165, 1.54) is 34.6 Å². The maximum absolute atomic E-state index is 11.0. The predicted molar refractivity (Wildman–Crippen MR) is 128 cm³/mol. The highest BCUT2D eigenvalue weighted by Crippen LogP contribution is 2.24. The molecule has 4 rings (SSSR count). The van der Waals surface area contributed by atoms with Crippen molar-refractivity contribution >= 4 is 40.3 Å². The van der Waals surface area contributed by atoms with Crippen molar-refractivity contribution in [2.24, 2.45) is 10.1 Å². The molecule has 0 saturated carbocycles. The fraction of sp³-hybridized carbons (Fsp3) is 0.130. The lowest BCUT2D eigenvalue weighted by Gasteiger charge is -2.04. The van der Waals surface area contributed by atoms with E-state index in [-0.39, 0.29) is 5.69 Å². The predicted octanol–water partition coefficient (Wildman–Crippen LogP) is 6.23. The summed E-state index contributed by atoms with van der Waals surface area (Å²) in [5, 5.41) is 19.7. The third kappa shape index (κ3) is 4.55. The van der Waals surface area contributed by atoms with E-state index in [0.717, 1.165) is 32.2 Å². The van der Waals surface area contributed by atoms with Crippen LogP contribution in [0.2, 0.25) is 0 Å². The summed E-state index contributed by atoms with van der Waals surface area (Å²) in [7, 11) is 0. The Balaban J connectivity index is 1.84. The van der Waals surface area contributed by atoms with Gasteiger partial charge in [0.1, 0.15) is 0 Å². The molecular weight excluding hydrogens is 428 g/mol. The van der Waals surface area contributed by atoms with Crippen LogP contribution in [0, 0.1) is 30.9 Å². The molecule has 156 valence electrons. The average Bonchev–Trinajstić information content (AvgIpc) is 3.35. The van der Waals surface area contributed by atoms with Crippen molar-refractivity contribution in [3.63, 3.8) is 0 Å². The lowest BCUT2D eigenvalue weighted by molar-refractivity contribution is -0.384. The number of nitrogens with zero attached hydrogens (tertiary/aromatic N) is 4. The molecule has 2 heterocycles. The van der Waals surface area contributed by atoms with E-state index in [1.54, 1.807) is 28.1 Å². The highest BCUT2D eigenvalue weighted by atomic mass is 32.1. The van der Waals surface area contributed by atoms with Gasteiger partial charge in [0.05, 0.1) is 27.4 Å². The number of benzene rings is 2. The maximum atomic E-state index is 11.0. The molecule has 0 N–H and O–H groups in total. The van der Waals surface area contributed by atoms with E-state index in [1.807, 2.05) is 30.0 Å². The number of non-ortho nitro benzene ring substituents is 1. The van der Waals surface area contributed by atoms with E-state index >= 15 is 0 Å². The number of rotatable bonds is 5. The van der Waals surface area contributed by atoms with Crippen LogP contribution < -0.4 is 4.80 Å². The summed E-state index contributed by atoms with van der Waals surface area (Å²) in [4.78, 5) is 17.2. The molecule has 0 fully saturated rings. The van der Waals surface area contributed by atoms with Crippen molar-refractivity contribution in [1.82, 2.24) is 4.68 Å². The van der Waals surface area contributed by atoms with Crippen LogP contribution in [0.5, 0.6) is 0 Å². The van der Waals surface area contributed by atoms with Gasteiger partial charge in [-0.2, -0.15) is 5.10 Å². The van der Waals surface area contributed by atoms with Gasteiger partial charge in [-0.1, -0.05) is 6.07 Å². The standard InChI is InChI=1S/C23H20N4O2S2/c1-15-4-7-19(12-17(15)3)25-23-26(24-13-22-16(2)10-11-30-22)21(14-31-23)18-5-8-20(9-6-18)27(28)29/h4-14H,1-3H3. The first kappa shape index (κ1) is 20.9. The van der Waals surface area contributed by atoms with Gasteiger partial charge < -0.3 is 0 Å². The average molecular weight is 449 g/mol. The fourth-order valence-electron chi connectivity index (χ4n) is 2.97. The second kappa shape index (κ2) is 8.79. The topological polar surface area (TPSA) is 72.8 Å². The van der Waals surface area contributed by atoms with Gasteiger partial charge in [-0.05, 0) is 73.2 Å². The van der Waals surface area contributed by atoms with E-state index in [2.05, 4.69) is 32.0 Å². The number of aryl methyl sites for hydroxylation is 3. The second-order valence-electron chi connectivity index (χ2n) is 7.11. The minimum absolute atomic E-state index is 0.0586. The first-order valence-electron chi connectivity index (χ1n) is 9.58. The Labute approximate surface area is 187 Å². The highest BCUT2D eigenvalue weighted by Gasteiger charge is 2.11. The summed E-state index contributed by atoms with van der Waals surface area (Å²) >= 11 is 3.11. The molecule has 8 heteroatoms. The SMILES string of the molecule is Cc1ccc(N=c2scc(-c3ccc([N+](=O)[O-])cc3)n2N=Cc2sccc2C)cc1C. The van der Waals surface area contributed by atoms with Gasteiger partial charge in [0.15, 0.2) is 0 Å². The zero-order valence-corrected chi connectivity index (χ0v) is 18.9. The molecule has 0 amide bonds. The van der Waals surface area contributed by atoms with Crippen molar-refractivity contribution in [2.75, 3.05) is 0 Å². The van der Waals surface area contributed by atoms with Crippen molar-refractivity contribution < 1.29 is 4.92 Å². The molecule has 0 aliphatic carbocycles. The number of hydrogen-bond donors (Lipinski definition) is 0. The van der Waals surface area contributed by atoms with Crippen LogP contribution in [0.4, 0.5) is 11.4 Å². The lowest BCUT2D eigenvalue weighted by atomic mass is 10.1. The van der Waals surface area contributed by atoms with Crippen LogP contribution in [0.1, 0.15) is 21.6 Å². The molecule has 0 bridgehead atoms. The van der Waals surface area contributed by atoms with E-state index in [9.17, 15) is 10.1 Å². The zero-order valence-electron chi connectivity index (χ0n) is 17.3. The maximum Gasteiger partial charge on any atom is 0.269 e. The molecule has 0 unspecified atom stereocenters. The van der Waals surface area contributed by atoms with Crippen molar-refractivity contribution in [2.45, 2.75) is 20.8 Å². The molecular formula is C23H20N4O2S2. The number of thiazole rings is 1. The van der Waals surface area contributed by atoms with E-state index in [0.29, 0.717) is 0 Å². The van der Waals surface area contributed by atoms with Crippen molar-refractivity contribution in [3.8, 4) is 11.3 Å². The molecule has 0 aliphatic heterocycles. The number of hydrogen-bond acceptors (Lipinski definition) is 6. The number of nitro groups is 1. The highest BCUT2D eigenvalue weighted by molar-refractivity contribution is 7.11. The smallest absolute Gasteiger partial charge is 0.258 e. The van der Waals surface area contributed by atoms with Gasteiger partial charge in [0.2, 0.25) is 4.80 Å². The molecule has 0 saturated heterocycles. The molecule has 0 spiro atoms. The normalized spacial score (nSPS) is 12.0. The molecule has 0 aliphatic rings. The van der Waals surface area contributed by atoms with E-state index < -0.39 is 4.92 Å². The summed E-state index contributed by atoms with van der Waals surface area (Å²) in [6.45, 7) is 6.19. The molecule has 31 heavy (non-hydrogen) atoms. The number of thiophene rings is 1.